The maximum absolute atomic E-state index is 12.0. The molecule has 2 aromatic rings. The van der Waals surface area contributed by atoms with Crippen molar-refractivity contribution in [2.45, 2.75) is 38.3 Å². The van der Waals surface area contributed by atoms with Crippen LogP contribution in [-0.4, -0.2) is 31.7 Å². The molecule has 0 spiro atoms. The standard InChI is InChI=1S/C14H17ClN6O/c15-12-6-16-9-17-14(12)20-11-5-18-21(7-11)8-13(22)19-10-3-1-2-4-10/h5-7,9-10H,1-4,8H2,(H,19,22)(H,16,17,20). The number of anilines is 2. The Bertz CT molecular complexity index is 652. The highest BCUT2D eigenvalue weighted by atomic mass is 35.5. The molecular formula is C14H17ClN6O. The van der Waals surface area contributed by atoms with E-state index in [4.69, 9.17) is 11.6 Å². The first-order chi connectivity index (χ1) is 10.7. The molecule has 0 aromatic carbocycles. The van der Waals surface area contributed by atoms with Gasteiger partial charge < -0.3 is 10.6 Å². The van der Waals surface area contributed by atoms with E-state index in [1.165, 1.54) is 25.4 Å². The number of hydrogen-bond donors (Lipinski definition) is 2. The molecule has 0 aliphatic heterocycles. The SMILES string of the molecule is O=C(Cn1cc(Nc2ncncc2Cl)cn1)NC1CCCC1. The number of carbonyl (C=O) groups excluding carboxylic acids is 1. The van der Waals surface area contributed by atoms with Crippen LogP contribution in [0.2, 0.25) is 5.02 Å². The van der Waals surface area contributed by atoms with Gasteiger partial charge in [-0.1, -0.05) is 24.4 Å². The Morgan fingerprint density at radius 2 is 2.18 bits per heavy atom. The van der Waals surface area contributed by atoms with Gasteiger partial charge in [-0.15, -0.1) is 0 Å². The monoisotopic (exact) mass is 320 g/mol. The highest BCUT2D eigenvalue weighted by molar-refractivity contribution is 6.32. The fourth-order valence-electron chi connectivity index (χ4n) is 2.55. The summed E-state index contributed by atoms with van der Waals surface area (Å²) in [7, 11) is 0. The predicted octanol–water partition coefficient (Wildman–Crippen LogP) is 2.13. The quantitative estimate of drug-likeness (QED) is 0.881. The van der Waals surface area contributed by atoms with Gasteiger partial charge in [0.25, 0.3) is 0 Å². The number of halogens is 1. The summed E-state index contributed by atoms with van der Waals surface area (Å²) in [4.78, 5) is 19.8. The Hall–Kier alpha value is -2.15. The Balaban J connectivity index is 1.56. The molecule has 1 amide bonds. The van der Waals surface area contributed by atoms with Crippen molar-refractivity contribution in [3.05, 3.63) is 29.9 Å². The molecule has 1 aliphatic carbocycles. The number of aromatic nitrogens is 4. The van der Waals surface area contributed by atoms with Crippen molar-refractivity contribution < 1.29 is 4.79 Å². The Morgan fingerprint density at radius 1 is 1.36 bits per heavy atom. The lowest BCUT2D eigenvalue weighted by atomic mass is 10.2. The van der Waals surface area contributed by atoms with Gasteiger partial charge in [0.05, 0.1) is 18.1 Å². The average molecular weight is 321 g/mol. The van der Waals surface area contributed by atoms with Crippen LogP contribution in [0.25, 0.3) is 0 Å². The van der Waals surface area contributed by atoms with Crippen LogP contribution in [-0.2, 0) is 11.3 Å². The lowest BCUT2D eigenvalue weighted by Crippen LogP contribution is -2.35. The highest BCUT2D eigenvalue weighted by Gasteiger charge is 2.17. The molecule has 0 bridgehead atoms. The summed E-state index contributed by atoms with van der Waals surface area (Å²) in [6.45, 7) is 0.204. The number of hydrogen-bond acceptors (Lipinski definition) is 5. The van der Waals surface area contributed by atoms with Crippen molar-refractivity contribution in [2.75, 3.05) is 5.32 Å². The molecule has 1 fully saturated rings. The molecule has 3 rings (SSSR count). The van der Waals surface area contributed by atoms with Crippen LogP contribution in [0.1, 0.15) is 25.7 Å². The summed E-state index contributed by atoms with van der Waals surface area (Å²) in [5.41, 5.74) is 0.717. The second kappa shape index (κ2) is 6.74. The van der Waals surface area contributed by atoms with Crippen LogP contribution >= 0.6 is 11.6 Å². The lowest BCUT2D eigenvalue weighted by Gasteiger charge is -2.11. The summed E-state index contributed by atoms with van der Waals surface area (Å²) < 4.78 is 1.59. The third kappa shape index (κ3) is 3.73. The van der Waals surface area contributed by atoms with Gasteiger partial charge in [0.15, 0.2) is 5.82 Å². The number of amides is 1. The van der Waals surface area contributed by atoms with Crippen molar-refractivity contribution in [1.82, 2.24) is 25.1 Å². The molecule has 0 radical (unpaired) electrons. The van der Waals surface area contributed by atoms with E-state index in [0.29, 0.717) is 22.6 Å². The number of nitrogens with one attached hydrogen (secondary N) is 2. The maximum Gasteiger partial charge on any atom is 0.241 e. The molecule has 1 saturated carbocycles. The van der Waals surface area contributed by atoms with Crippen LogP contribution < -0.4 is 10.6 Å². The first kappa shape index (κ1) is 14.8. The van der Waals surface area contributed by atoms with E-state index in [-0.39, 0.29) is 12.5 Å². The average Bonchev–Trinajstić information content (AvgIpc) is 3.14. The van der Waals surface area contributed by atoms with Gasteiger partial charge in [0.2, 0.25) is 5.91 Å². The normalized spacial score (nSPS) is 15.0. The zero-order valence-electron chi connectivity index (χ0n) is 12.0. The Morgan fingerprint density at radius 3 is 2.95 bits per heavy atom. The second-order valence-corrected chi connectivity index (χ2v) is 5.73. The fraction of sp³-hybridized carbons (Fsp3) is 0.429. The molecule has 0 saturated heterocycles. The topological polar surface area (TPSA) is 84.7 Å². The first-order valence-electron chi connectivity index (χ1n) is 7.25. The number of carbonyl (C=O) groups is 1. The molecule has 2 heterocycles. The molecule has 1 aliphatic rings. The third-order valence-electron chi connectivity index (χ3n) is 3.59. The van der Waals surface area contributed by atoms with E-state index in [9.17, 15) is 4.79 Å². The van der Waals surface area contributed by atoms with E-state index in [0.717, 1.165) is 12.8 Å². The van der Waals surface area contributed by atoms with Crippen molar-refractivity contribution in [3.8, 4) is 0 Å². The van der Waals surface area contributed by atoms with Crippen molar-refractivity contribution in [2.24, 2.45) is 0 Å². The molecule has 0 unspecified atom stereocenters. The van der Waals surface area contributed by atoms with Gasteiger partial charge in [-0.3, -0.25) is 9.48 Å². The van der Waals surface area contributed by atoms with E-state index < -0.39 is 0 Å². The van der Waals surface area contributed by atoms with E-state index >= 15 is 0 Å². The molecule has 0 atom stereocenters. The van der Waals surface area contributed by atoms with Crippen LogP contribution in [0, 0.1) is 0 Å². The van der Waals surface area contributed by atoms with Crippen molar-refractivity contribution in [1.29, 1.82) is 0 Å². The molecule has 116 valence electrons. The zero-order valence-corrected chi connectivity index (χ0v) is 12.8. The molecular weight excluding hydrogens is 304 g/mol. The molecule has 8 heteroatoms. The number of rotatable bonds is 5. The molecule has 2 N–H and O–H groups in total. The lowest BCUT2D eigenvalue weighted by molar-refractivity contribution is -0.122. The summed E-state index contributed by atoms with van der Waals surface area (Å²) in [5.74, 6) is 0.494. The van der Waals surface area contributed by atoms with Crippen LogP contribution in [0.5, 0.6) is 0 Å². The third-order valence-corrected chi connectivity index (χ3v) is 3.87. The first-order valence-corrected chi connectivity index (χ1v) is 7.63. The van der Waals surface area contributed by atoms with Gasteiger partial charge in [-0.25, -0.2) is 9.97 Å². The van der Waals surface area contributed by atoms with Gasteiger partial charge in [-0.2, -0.15) is 5.10 Å². The molecule has 22 heavy (non-hydrogen) atoms. The summed E-state index contributed by atoms with van der Waals surface area (Å²) >= 11 is 5.98. The van der Waals surface area contributed by atoms with Crippen LogP contribution in [0.4, 0.5) is 11.5 Å². The predicted molar refractivity (Wildman–Crippen MR) is 83.0 cm³/mol. The van der Waals surface area contributed by atoms with E-state index in [1.54, 1.807) is 17.1 Å². The number of nitrogens with zero attached hydrogens (tertiary/aromatic N) is 4. The minimum atomic E-state index is -0.0124. The highest BCUT2D eigenvalue weighted by Crippen LogP contribution is 2.21. The smallest absolute Gasteiger partial charge is 0.241 e. The minimum absolute atomic E-state index is 0.0124. The van der Waals surface area contributed by atoms with Gasteiger partial charge in [-0.05, 0) is 12.8 Å². The molecule has 7 nitrogen and oxygen atoms in total. The van der Waals surface area contributed by atoms with Crippen LogP contribution in [0.15, 0.2) is 24.9 Å². The molecule has 2 aromatic heterocycles. The van der Waals surface area contributed by atoms with Gasteiger partial charge in [0, 0.05) is 12.2 Å². The van der Waals surface area contributed by atoms with Gasteiger partial charge >= 0.3 is 0 Å². The minimum Gasteiger partial charge on any atom is -0.352 e. The summed E-state index contributed by atoms with van der Waals surface area (Å²) in [5, 5.41) is 10.7. The largest absolute Gasteiger partial charge is 0.352 e. The summed E-state index contributed by atoms with van der Waals surface area (Å²) in [6, 6.07) is 0.320. The second-order valence-electron chi connectivity index (χ2n) is 5.32. The Kier molecular flexibility index (Phi) is 4.53. The zero-order chi connectivity index (χ0) is 15.4. The van der Waals surface area contributed by atoms with Crippen LogP contribution in [0.3, 0.4) is 0 Å². The van der Waals surface area contributed by atoms with Crippen molar-refractivity contribution >= 4 is 29.0 Å². The summed E-state index contributed by atoms with van der Waals surface area (Å²) in [6.07, 6.45) is 10.8. The van der Waals surface area contributed by atoms with Crippen molar-refractivity contribution in [3.63, 3.8) is 0 Å². The van der Waals surface area contributed by atoms with Gasteiger partial charge in [0.1, 0.15) is 17.9 Å². The van der Waals surface area contributed by atoms with E-state index in [1.807, 2.05) is 0 Å². The maximum atomic E-state index is 12.0. The van der Waals surface area contributed by atoms with E-state index in [2.05, 4.69) is 25.7 Å². The Labute approximate surface area is 133 Å². The fourth-order valence-corrected chi connectivity index (χ4v) is 2.70.